The van der Waals surface area contributed by atoms with E-state index in [1.54, 1.807) is 0 Å². The molecular weight excluding hydrogens is 226 g/mol. The van der Waals surface area contributed by atoms with E-state index in [1.165, 1.54) is 0 Å². The van der Waals surface area contributed by atoms with Crippen molar-refractivity contribution in [2.24, 2.45) is 0 Å². The smallest absolute Gasteiger partial charge is 0.0677 e. The van der Waals surface area contributed by atoms with Crippen molar-refractivity contribution in [3.05, 3.63) is 60.5 Å². The summed E-state index contributed by atoms with van der Waals surface area (Å²) in [5.74, 6) is 0. The second kappa shape index (κ2) is 4.14. The van der Waals surface area contributed by atoms with Crippen molar-refractivity contribution in [3.63, 3.8) is 0 Å². The minimum Gasteiger partial charge on any atom is -0.377 e. The SMILES string of the molecule is Brc1ccc(N[C]2[CH][CH][CH][CH]2)cc1. The van der Waals surface area contributed by atoms with Crippen molar-refractivity contribution in [1.29, 1.82) is 0 Å². The van der Waals surface area contributed by atoms with Gasteiger partial charge in [-0.2, -0.15) is 0 Å². The van der Waals surface area contributed by atoms with Crippen molar-refractivity contribution in [2.45, 2.75) is 0 Å². The third kappa shape index (κ3) is 2.47. The number of halogens is 1. The number of hydrogen-bond acceptors (Lipinski definition) is 1. The number of hydrogen-bond donors (Lipinski definition) is 1. The molecule has 2 heteroatoms. The van der Waals surface area contributed by atoms with Crippen LogP contribution < -0.4 is 5.32 Å². The quantitative estimate of drug-likeness (QED) is 0.829. The Hall–Kier alpha value is -0.500. The maximum Gasteiger partial charge on any atom is 0.0677 e. The topological polar surface area (TPSA) is 12.0 Å². The first-order chi connectivity index (χ1) is 6.34. The zero-order valence-corrected chi connectivity index (χ0v) is 8.58. The van der Waals surface area contributed by atoms with Gasteiger partial charge >= 0.3 is 0 Å². The van der Waals surface area contributed by atoms with Crippen molar-refractivity contribution in [3.8, 4) is 0 Å². The molecule has 1 aliphatic rings. The molecule has 0 bridgehead atoms. The Labute approximate surface area is 87.7 Å². The Balaban J connectivity index is 1.97. The van der Waals surface area contributed by atoms with Crippen LogP contribution in [0.15, 0.2) is 28.7 Å². The van der Waals surface area contributed by atoms with E-state index >= 15 is 0 Å². The monoisotopic (exact) mass is 234 g/mol. The second-order valence-corrected chi connectivity index (χ2v) is 3.72. The van der Waals surface area contributed by atoms with Crippen LogP contribution in [-0.4, -0.2) is 0 Å². The molecule has 0 unspecified atom stereocenters. The molecule has 1 N–H and O–H groups in total. The Morgan fingerprint density at radius 1 is 0.923 bits per heavy atom. The lowest BCUT2D eigenvalue weighted by molar-refractivity contribution is 1.25. The summed E-state index contributed by atoms with van der Waals surface area (Å²) < 4.78 is 1.10. The summed E-state index contributed by atoms with van der Waals surface area (Å²) in [6, 6.07) is 9.24. The van der Waals surface area contributed by atoms with Gasteiger partial charge < -0.3 is 5.32 Å². The first-order valence-corrected chi connectivity index (χ1v) is 4.88. The third-order valence-corrected chi connectivity index (χ3v) is 2.32. The molecule has 2 rings (SSSR count). The second-order valence-electron chi connectivity index (χ2n) is 2.81. The molecule has 0 saturated heterocycles. The molecule has 0 spiro atoms. The fraction of sp³-hybridized carbons (Fsp3) is 0. The normalized spacial score (nSPS) is 17.6. The Morgan fingerprint density at radius 2 is 1.54 bits per heavy atom. The molecule has 0 heterocycles. The third-order valence-electron chi connectivity index (χ3n) is 1.80. The average molecular weight is 235 g/mol. The summed E-state index contributed by atoms with van der Waals surface area (Å²) in [7, 11) is 0. The van der Waals surface area contributed by atoms with Crippen molar-refractivity contribution >= 4 is 21.6 Å². The van der Waals surface area contributed by atoms with Crippen LogP contribution >= 0.6 is 15.9 Å². The van der Waals surface area contributed by atoms with Gasteiger partial charge in [-0.1, -0.05) is 15.9 Å². The molecule has 1 aromatic carbocycles. The molecule has 1 nitrogen and oxygen atoms in total. The number of nitrogens with one attached hydrogen (secondary N) is 1. The summed E-state index contributed by atoms with van der Waals surface area (Å²) in [5, 5.41) is 3.29. The molecular formula is C11H9BrN. The molecule has 0 aromatic heterocycles. The Kier molecular flexibility index (Phi) is 2.89. The van der Waals surface area contributed by atoms with Gasteiger partial charge in [-0.15, -0.1) is 0 Å². The van der Waals surface area contributed by atoms with E-state index in [-0.39, 0.29) is 0 Å². The van der Waals surface area contributed by atoms with Gasteiger partial charge in [0.2, 0.25) is 0 Å². The molecule has 0 amide bonds. The minimum atomic E-state index is 1.10. The molecule has 0 atom stereocenters. The number of benzene rings is 1. The molecule has 1 fully saturated rings. The summed E-state index contributed by atoms with van der Waals surface area (Å²) in [6.45, 7) is 0. The fourth-order valence-corrected chi connectivity index (χ4v) is 1.42. The summed E-state index contributed by atoms with van der Waals surface area (Å²) in [4.78, 5) is 0. The highest BCUT2D eigenvalue weighted by Gasteiger charge is 2.16. The van der Waals surface area contributed by atoms with Gasteiger partial charge in [-0.05, 0) is 49.9 Å². The van der Waals surface area contributed by atoms with E-state index in [4.69, 9.17) is 0 Å². The lowest BCUT2D eigenvalue weighted by Crippen LogP contribution is -2.05. The Bertz CT molecular complexity index is 262. The van der Waals surface area contributed by atoms with E-state index in [2.05, 4.69) is 21.2 Å². The lowest BCUT2D eigenvalue weighted by Gasteiger charge is -2.11. The number of anilines is 1. The fourth-order valence-electron chi connectivity index (χ4n) is 1.16. The molecule has 1 saturated carbocycles. The maximum absolute atomic E-state index is 3.40. The van der Waals surface area contributed by atoms with E-state index in [9.17, 15) is 0 Å². The standard InChI is InChI=1S/C11H9BrN/c12-9-5-7-11(8-6-9)13-10-3-1-2-4-10/h1-8,13H. The largest absolute Gasteiger partial charge is 0.377 e. The molecule has 1 aliphatic carbocycles. The van der Waals surface area contributed by atoms with Gasteiger partial charge in [0.05, 0.1) is 6.04 Å². The molecule has 65 valence electrons. The highest BCUT2D eigenvalue weighted by Crippen LogP contribution is 2.25. The van der Waals surface area contributed by atoms with Crippen molar-refractivity contribution < 1.29 is 0 Å². The van der Waals surface area contributed by atoms with Gasteiger partial charge in [-0.25, -0.2) is 0 Å². The van der Waals surface area contributed by atoms with Crippen LogP contribution in [0.25, 0.3) is 0 Å². The average Bonchev–Trinajstić information content (AvgIpc) is 2.62. The van der Waals surface area contributed by atoms with Crippen molar-refractivity contribution in [1.82, 2.24) is 0 Å². The van der Waals surface area contributed by atoms with Crippen LogP contribution in [0, 0.1) is 31.7 Å². The minimum absolute atomic E-state index is 1.10. The Morgan fingerprint density at radius 3 is 2.15 bits per heavy atom. The van der Waals surface area contributed by atoms with E-state index in [0.29, 0.717) is 0 Å². The lowest BCUT2D eigenvalue weighted by atomic mass is 10.2. The molecule has 0 aliphatic heterocycles. The van der Waals surface area contributed by atoms with Gasteiger partial charge in [0.25, 0.3) is 0 Å². The zero-order valence-electron chi connectivity index (χ0n) is 7.00. The van der Waals surface area contributed by atoms with Crippen LogP contribution in [0.5, 0.6) is 0 Å². The van der Waals surface area contributed by atoms with Gasteiger partial charge in [-0.3, -0.25) is 0 Å². The first-order valence-electron chi connectivity index (χ1n) is 4.09. The molecule has 5 radical (unpaired) electrons. The molecule has 13 heavy (non-hydrogen) atoms. The van der Waals surface area contributed by atoms with Crippen LogP contribution in [-0.2, 0) is 0 Å². The van der Waals surface area contributed by atoms with E-state index < -0.39 is 0 Å². The van der Waals surface area contributed by atoms with Gasteiger partial charge in [0.15, 0.2) is 0 Å². The maximum atomic E-state index is 3.40. The molecule has 1 aromatic rings. The van der Waals surface area contributed by atoms with Gasteiger partial charge in [0, 0.05) is 10.2 Å². The van der Waals surface area contributed by atoms with Crippen LogP contribution in [0.2, 0.25) is 0 Å². The highest BCUT2D eigenvalue weighted by atomic mass is 79.9. The summed E-state index contributed by atoms with van der Waals surface area (Å²) in [5.41, 5.74) is 1.11. The van der Waals surface area contributed by atoms with Crippen LogP contribution in [0.3, 0.4) is 0 Å². The van der Waals surface area contributed by atoms with E-state index in [0.717, 1.165) is 16.2 Å². The predicted molar refractivity (Wildman–Crippen MR) is 58.2 cm³/mol. The first kappa shape index (κ1) is 9.07. The van der Waals surface area contributed by atoms with Crippen molar-refractivity contribution in [2.75, 3.05) is 5.32 Å². The van der Waals surface area contributed by atoms with E-state index in [1.807, 2.05) is 49.9 Å². The summed E-state index contributed by atoms with van der Waals surface area (Å²) in [6.07, 6.45) is 8.12. The van der Waals surface area contributed by atoms with Crippen LogP contribution in [0.4, 0.5) is 5.69 Å². The number of rotatable bonds is 2. The highest BCUT2D eigenvalue weighted by molar-refractivity contribution is 9.10. The zero-order chi connectivity index (χ0) is 9.10. The van der Waals surface area contributed by atoms with Crippen LogP contribution in [0.1, 0.15) is 0 Å². The summed E-state index contributed by atoms with van der Waals surface area (Å²) >= 11 is 3.40. The predicted octanol–water partition coefficient (Wildman–Crippen LogP) is 3.22. The van der Waals surface area contributed by atoms with Gasteiger partial charge in [0.1, 0.15) is 0 Å².